The van der Waals surface area contributed by atoms with Gasteiger partial charge < -0.3 is 24.7 Å². The first-order chi connectivity index (χ1) is 14.9. The summed E-state index contributed by atoms with van der Waals surface area (Å²) in [6, 6.07) is 9.37. The first-order valence-electron chi connectivity index (χ1n) is 10.5. The summed E-state index contributed by atoms with van der Waals surface area (Å²) >= 11 is 0. The Bertz CT molecular complexity index is 884. The normalized spacial score (nSPS) is 15.4. The summed E-state index contributed by atoms with van der Waals surface area (Å²) in [5.41, 5.74) is 0.462. The van der Waals surface area contributed by atoms with Crippen LogP contribution in [-0.4, -0.2) is 54.9 Å². The molecule has 0 aliphatic carbocycles. The van der Waals surface area contributed by atoms with Crippen LogP contribution in [0.4, 0.5) is 0 Å². The van der Waals surface area contributed by atoms with Crippen molar-refractivity contribution in [3.8, 4) is 5.75 Å². The molecule has 8 heteroatoms. The average molecular weight is 428 g/mol. The largest absolute Gasteiger partial charge is 0.497 e. The average Bonchev–Trinajstić information content (AvgIpc) is 3.32. The molecule has 0 radical (unpaired) electrons. The molecule has 0 saturated carbocycles. The van der Waals surface area contributed by atoms with E-state index in [9.17, 15) is 14.4 Å². The van der Waals surface area contributed by atoms with Crippen molar-refractivity contribution in [2.24, 2.45) is 5.92 Å². The first-order valence-corrected chi connectivity index (χ1v) is 10.5. The molecule has 8 nitrogen and oxygen atoms in total. The summed E-state index contributed by atoms with van der Waals surface area (Å²) in [6.07, 6.45) is 2.78. The number of benzene rings is 1. The number of hydrogen-bond donors (Lipinski definition) is 2. The van der Waals surface area contributed by atoms with Crippen LogP contribution in [0.1, 0.15) is 47.6 Å². The fourth-order valence-corrected chi connectivity index (χ4v) is 3.58. The molecule has 2 N–H and O–H groups in total. The summed E-state index contributed by atoms with van der Waals surface area (Å²) in [7, 11) is 1.56. The maximum absolute atomic E-state index is 12.9. The molecule has 2 heterocycles. The Kier molecular flexibility index (Phi) is 7.33. The highest BCUT2D eigenvalue weighted by molar-refractivity contribution is 5.97. The van der Waals surface area contributed by atoms with Gasteiger partial charge in [0.05, 0.1) is 13.4 Å². The first kappa shape index (κ1) is 22.4. The number of furan rings is 1. The second kappa shape index (κ2) is 10.1. The highest BCUT2D eigenvalue weighted by Gasteiger charge is 2.30. The Labute approximate surface area is 181 Å². The SMILES string of the molecule is COc1ccc(C(=O)NC(C(=O)NC2CCN(C(=O)c3ccco3)CC2)C(C)C)cc1. The van der Waals surface area contributed by atoms with Gasteiger partial charge in [-0.05, 0) is 55.2 Å². The zero-order valence-electron chi connectivity index (χ0n) is 18.1. The lowest BCUT2D eigenvalue weighted by Crippen LogP contribution is -2.54. The number of amides is 3. The number of carbonyl (C=O) groups is 3. The summed E-state index contributed by atoms with van der Waals surface area (Å²) < 4.78 is 10.3. The second-order valence-electron chi connectivity index (χ2n) is 7.98. The number of nitrogens with one attached hydrogen (secondary N) is 2. The van der Waals surface area contributed by atoms with Gasteiger partial charge in [-0.25, -0.2) is 0 Å². The smallest absolute Gasteiger partial charge is 0.289 e. The molecular formula is C23H29N3O5. The number of carbonyl (C=O) groups excluding carboxylic acids is 3. The number of rotatable bonds is 7. The highest BCUT2D eigenvalue weighted by atomic mass is 16.5. The quantitative estimate of drug-likeness (QED) is 0.707. The Hall–Kier alpha value is -3.29. The van der Waals surface area contributed by atoms with Crippen LogP contribution in [0, 0.1) is 5.92 Å². The van der Waals surface area contributed by atoms with Crippen LogP contribution in [0.2, 0.25) is 0 Å². The van der Waals surface area contributed by atoms with E-state index in [2.05, 4.69) is 10.6 Å². The molecule has 0 bridgehead atoms. The third kappa shape index (κ3) is 5.65. The third-order valence-corrected chi connectivity index (χ3v) is 5.45. The molecule has 3 amide bonds. The van der Waals surface area contributed by atoms with E-state index >= 15 is 0 Å². The third-order valence-electron chi connectivity index (χ3n) is 5.45. The van der Waals surface area contributed by atoms with E-state index in [1.165, 1.54) is 6.26 Å². The Morgan fingerprint density at radius 1 is 1.10 bits per heavy atom. The van der Waals surface area contributed by atoms with Crippen molar-refractivity contribution in [3.05, 3.63) is 54.0 Å². The van der Waals surface area contributed by atoms with Gasteiger partial charge in [-0.15, -0.1) is 0 Å². The predicted molar refractivity (Wildman–Crippen MR) is 115 cm³/mol. The molecule has 1 atom stereocenters. The van der Waals surface area contributed by atoms with Crippen molar-refractivity contribution in [1.82, 2.24) is 15.5 Å². The minimum Gasteiger partial charge on any atom is -0.497 e. The van der Waals surface area contributed by atoms with Crippen LogP contribution in [-0.2, 0) is 4.79 Å². The van der Waals surface area contributed by atoms with E-state index in [4.69, 9.17) is 9.15 Å². The minimum absolute atomic E-state index is 0.0488. The van der Waals surface area contributed by atoms with Crippen LogP contribution < -0.4 is 15.4 Å². The zero-order chi connectivity index (χ0) is 22.4. The molecule has 1 unspecified atom stereocenters. The van der Waals surface area contributed by atoms with Gasteiger partial charge in [0.25, 0.3) is 11.8 Å². The zero-order valence-corrected chi connectivity index (χ0v) is 18.1. The van der Waals surface area contributed by atoms with E-state index in [1.54, 1.807) is 48.4 Å². The van der Waals surface area contributed by atoms with Gasteiger partial charge in [-0.1, -0.05) is 13.8 Å². The molecule has 1 aromatic carbocycles. The molecule has 3 rings (SSSR count). The van der Waals surface area contributed by atoms with Crippen LogP contribution in [0.25, 0.3) is 0 Å². The lowest BCUT2D eigenvalue weighted by atomic mass is 10.00. The number of nitrogens with zero attached hydrogens (tertiary/aromatic N) is 1. The van der Waals surface area contributed by atoms with Crippen LogP contribution >= 0.6 is 0 Å². The molecular weight excluding hydrogens is 398 g/mol. The minimum atomic E-state index is -0.655. The number of ether oxygens (including phenoxy) is 1. The van der Waals surface area contributed by atoms with E-state index in [0.29, 0.717) is 43.0 Å². The lowest BCUT2D eigenvalue weighted by molar-refractivity contribution is -0.124. The topological polar surface area (TPSA) is 101 Å². The Balaban J connectivity index is 1.53. The molecule has 1 aliphatic heterocycles. The molecule has 0 spiro atoms. The summed E-state index contributed by atoms with van der Waals surface area (Å²) in [5, 5.41) is 5.87. The van der Waals surface area contributed by atoms with Gasteiger partial charge in [0.1, 0.15) is 11.8 Å². The van der Waals surface area contributed by atoms with Gasteiger partial charge in [-0.3, -0.25) is 14.4 Å². The van der Waals surface area contributed by atoms with Crippen molar-refractivity contribution in [3.63, 3.8) is 0 Å². The molecule has 1 aliphatic rings. The molecule has 31 heavy (non-hydrogen) atoms. The summed E-state index contributed by atoms with van der Waals surface area (Å²) in [6.45, 7) is 4.86. The molecule has 1 fully saturated rings. The maximum Gasteiger partial charge on any atom is 0.289 e. The monoisotopic (exact) mass is 427 g/mol. The molecule has 1 aromatic heterocycles. The van der Waals surface area contributed by atoms with Crippen LogP contribution in [0.15, 0.2) is 47.1 Å². The van der Waals surface area contributed by atoms with Gasteiger partial charge in [-0.2, -0.15) is 0 Å². The number of hydrogen-bond acceptors (Lipinski definition) is 5. The van der Waals surface area contributed by atoms with Crippen molar-refractivity contribution in [2.75, 3.05) is 20.2 Å². The maximum atomic E-state index is 12.9. The second-order valence-corrected chi connectivity index (χ2v) is 7.98. The Morgan fingerprint density at radius 2 is 1.77 bits per heavy atom. The molecule has 166 valence electrons. The van der Waals surface area contributed by atoms with E-state index in [1.807, 2.05) is 13.8 Å². The number of piperidine rings is 1. The van der Waals surface area contributed by atoms with E-state index < -0.39 is 6.04 Å². The summed E-state index contributed by atoms with van der Waals surface area (Å²) in [4.78, 5) is 39.6. The van der Waals surface area contributed by atoms with Crippen molar-refractivity contribution < 1.29 is 23.5 Å². The number of methoxy groups -OCH3 is 1. The highest BCUT2D eigenvalue weighted by Crippen LogP contribution is 2.16. The van der Waals surface area contributed by atoms with E-state index in [0.717, 1.165) is 0 Å². The molecule has 2 aromatic rings. The van der Waals surface area contributed by atoms with Crippen molar-refractivity contribution >= 4 is 17.7 Å². The van der Waals surface area contributed by atoms with Crippen LogP contribution in [0.3, 0.4) is 0 Å². The van der Waals surface area contributed by atoms with Crippen molar-refractivity contribution in [2.45, 2.75) is 38.8 Å². The Morgan fingerprint density at radius 3 is 2.32 bits per heavy atom. The van der Waals surface area contributed by atoms with Gasteiger partial charge in [0.2, 0.25) is 5.91 Å². The van der Waals surface area contributed by atoms with Gasteiger partial charge in [0, 0.05) is 24.7 Å². The van der Waals surface area contributed by atoms with Gasteiger partial charge in [0.15, 0.2) is 5.76 Å². The van der Waals surface area contributed by atoms with Gasteiger partial charge >= 0.3 is 0 Å². The predicted octanol–water partition coefficient (Wildman–Crippen LogP) is 2.46. The lowest BCUT2D eigenvalue weighted by Gasteiger charge is -2.33. The number of likely N-dealkylation sites (tertiary alicyclic amines) is 1. The molecule has 1 saturated heterocycles. The van der Waals surface area contributed by atoms with Crippen LogP contribution in [0.5, 0.6) is 5.75 Å². The fraction of sp³-hybridized carbons (Fsp3) is 0.435. The fourth-order valence-electron chi connectivity index (χ4n) is 3.58. The summed E-state index contributed by atoms with van der Waals surface area (Å²) in [5.74, 6) is 0.239. The van der Waals surface area contributed by atoms with Crippen molar-refractivity contribution in [1.29, 1.82) is 0 Å². The standard InChI is InChI=1S/C23H29N3O5/c1-15(2)20(25-21(27)16-6-8-18(30-3)9-7-16)22(28)24-17-10-12-26(13-11-17)23(29)19-5-4-14-31-19/h4-9,14-15,17,20H,10-13H2,1-3H3,(H,24,28)(H,25,27). The van der Waals surface area contributed by atoms with E-state index in [-0.39, 0.29) is 29.7 Å².